The van der Waals surface area contributed by atoms with Gasteiger partial charge in [-0.25, -0.2) is 9.97 Å². The molecular formula is C39H43ClN6O4S2. The molecule has 272 valence electrons. The molecule has 0 spiro atoms. The van der Waals surface area contributed by atoms with Crippen LogP contribution in [0.3, 0.4) is 0 Å². The van der Waals surface area contributed by atoms with Crippen molar-refractivity contribution in [2.24, 2.45) is 0 Å². The summed E-state index contributed by atoms with van der Waals surface area (Å²) in [7, 11) is 0. The Bertz CT molecular complexity index is 1840. The predicted octanol–water partition coefficient (Wildman–Crippen LogP) is 8.47. The average molecular weight is 759 g/mol. The molecule has 4 heterocycles. The summed E-state index contributed by atoms with van der Waals surface area (Å²) in [6, 6.07) is 13.9. The average Bonchev–Trinajstić information content (AvgIpc) is 3.94. The molecule has 2 aliphatic heterocycles. The SMILES string of the molecule is Cc1nc(C(=O)N2CCC[C@H]2C(=O)Nc2ccc(/C=C/c3ccc(NC(=O)[C@@H]4CCCN4C(=O)c4nc(Cl)sc4C(C)C)cc3)cc2)c(C(C)C)s1. The molecule has 52 heavy (non-hydrogen) atoms. The molecule has 0 aliphatic carbocycles. The predicted molar refractivity (Wildman–Crippen MR) is 209 cm³/mol. The number of carbonyl (C=O) groups is 4. The molecule has 2 fully saturated rings. The fourth-order valence-electron chi connectivity index (χ4n) is 6.67. The zero-order valence-corrected chi connectivity index (χ0v) is 32.3. The maximum Gasteiger partial charge on any atom is 0.274 e. The molecule has 0 unspecified atom stereocenters. The number of nitrogens with one attached hydrogen (secondary N) is 2. The van der Waals surface area contributed by atoms with Crippen molar-refractivity contribution in [2.75, 3.05) is 23.7 Å². The first-order valence-electron chi connectivity index (χ1n) is 17.6. The zero-order chi connectivity index (χ0) is 37.1. The Morgan fingerprint density at radius 2 is 1.13 bits per heavy atom. The van der Waals surface area contributed by atoms with E-state index in [0.717, 1.165) is 38.7 Å². The first kappa shape index (κ1) is 37.4. The zero-order valence-electron chi connectivity index (χ0n) is 29.9. The number of hydrogen-bond donors (Lipinski definition) is 2. The second-order valence-electron chi connectivity index (χ2n) is 13.8. The highest BCUT2D eigenvalue weighted by molar-refractivity contribution is 7.16. The summed E-state index contributed by atoms with van der Waals surface area (Å²) in [5.74, 6) is -0.569. The Morgan fingerprint density at radius 1 is 0.712 bits per heavy atom. The minimum atomic E-state index is -0.578. The van der Waals surface area contributed by atoms with Crippen LogP contribution in [0.5, 0.6) is 0 Å². The highest BCUT2D eigenvalue weighted by Gasteiger charge is 2.38. The molecule has 2 saturated heterocycles. The van der Waals surface area contributed by atoms with Crippen molar-refractivity contribution in [3.8, 4) is 0 Å². The summed E-state index contributed by atoms with van der Waals surface area (Å²) in [4.78, 5) is 67.3. The summed E-state index contributed by atoms with van der Waals surface area (Å²) in [6.07, 6.45) is 6.64. The van der Waals surface area contributed by atoms with Crippen molar-refractivity contribution in [1.82, 2.24) is 19.8 Å². The number of carbonyl (C=O) groups excluding carboxylic acids is 4. The van der Waals surface area contributed by atoms with Gasteiger partial charge in [0.05, 0.1) is 5.01 Å². The molecule has 2 aliphatic rings. The minimum Gasteiger partial charge on any atom is -0.325 e. The fourth-order valence-corrected chi connectivity index (χ4v) is 8.71. The summed E-state index contributed by atoms with van der Waals surface area (Å²) in [6.45, 7) is 11.0. The van der Waals surface area contributed by atoms with Crippen molar-refractivity contribution in [3.63, 3.8) is 0 Å². The molecule has 0 saturated carbocycles. The Kier molecular flexibility index (Phi) is 11.6. The quantitative estimate of drug-likeness (QED) is 0.157. The first-order valence-corrected chi connectivity index (χ1v) is 19.7. The van der Waals surface area contributed by atoms with Crippen LogP contribution in [0, 0.1) is 6.92 Å². The van der Waals surface area contributed by atoms with Gasteiger partial charge >= 0.3 is 0 Å². The van der Waals surface area contributed by atoms with Gasteiger partial charge in [0.15, 0.2) is 4.47 Å². The number of benzene rings is 2. The van der Waals surface area contributed by atoms with E-state index in [1.54, 1.807) is 9.80 Å². The summed E-state index contributed by atoms with van der Waals surface area (Å²) in [5.41, 5.74) is 4.00. The van der Waals surface area contributed by atoms with Gasteiger partial charge in [-0.1, -0.05) is 75.7 Å². The number of likely N-dealkylation sites (tertiary alicyclic amines) is 2. The minimum absolute atomic E-state index is 0.101. The van der Waals surface area contributed by atoms with Crippen LogP contribution in [0.4, 0.5) is 11.4 Å². The van der Waals surface area contributed by atoms with E-state index in [9.17, 15) is 19.2 Å². The summed E-state index contributed by atoms with van der Waals surface area (Å²) < 4.78 is 0.326. The van der Waals surface area contributed by atoms with Gasteiger partial charge in [0.2, 0.25) is 11.8 Å². The molecule has 0 bridgehead atoms. The van der Waals surface area contributed by atoms with Crippen molar-refractivity contribution < 1.29 is 19.2 Å². The highest BCUT2D eigenvalue weighted by Crippen LogP contribution is 2.33. The molecule has 2 aromatic carbocycles. The Labute approximate surface area is 317 Å². The molecule has 6 rings (SSSR count). The molecular weight excluding hydrogens is 716 g/mol. The van der Waals surface area contributed by atoms with Crippen LogP contribution >= 0.6 is 34.3 Å². The van der Waals surface area contributed by atoms with Crippen LogP contribution in [0.1, 0.15) is 112 Å². The molecule has 4 amide bonds. The second-order valence-corrected chi connectivity index (χ2v) is 16.7. The van der Waals surface area contributed by atoms with Gasteiger partial charge in [0.25, 0.3) is 11.8 Å². The van der Waals surface area contributed by atoms with Gasteiger partial charge < -0.3 is 20.4 Å². The molecule has 2 atom stereocenters. The largest absolute Gasteiger partial charge is 0.325 e. The Hall–Kier alpha value is -4.39. The third kappa shape index (κ3) is 8.29. The highest BCUT2D eigenvalue weighted by atomic mass is 35.5. The second kappa shape index (κ2) is 16.1. The third-order valence-electron chi connectivity index (χ3n) is 9.30. The molecule has 10 nitrogen and oxygen atoms in total. The molecule has 13 heteroatoms. The topological polar surface area (TPSA) is 125 Å². The van der Waals surface area contributed by atoms with E-state index in [4.69, 9.17) is 11.6 Å². The molecule has 0 radical (unpaired) electrons. The van der Waals surface area contributed by atoms with Crippen molar-refractivity contribution in [1.29, 1.82) is 0 Å². The third-order valence-corrected chi connectivity index (χ3v) is 12.0. The van der Waals surface area contributed by atoms with E-state index in [-0.39, 0.29) is 35.5 Å². The Balaban J connectivity index is 1.02. The molecule has 4 aromatic rings. The number of anilines is 2. The van der Waals surface area contributed by atoms with E-state index < -0.39 is 12.1 Å². The number of halogens is 1. The van der Waals surface area contributed by atoms with Crippen molar-refractivity contribution in [3.05, 3.63) is 90.3 Å². The smallest absolute Gasteiger partial charge is 0.274 e. The number of thiazole rings is 2. The summed E-state index contributed by atoms with van der Waals surface area (Å²) in [5, 5.41) is 6.81. The number of amides is 4. The van der Waals surface area contributed by atoms with Gasteiger partial charge in [0.1, 0.15) is 23.5 Å². The first-order chi connectivity index (χ1) is 24.9. The summed E-state index contributed by atoms with van der Waals surface area (Å²) >= 11 is 8.99. The van der Waals surface area contributed by atoms with E-state index >= 15 is 0 Å². The normalized spacial score (nSPS) is 17.5. The number of hydrogen-bond acceptors (Lipinski definition) is 8. The van der Waals surface area contributed by atoms with Crippen LogP contribution in [-0.2, 0) is 9.59 Å². The number of aromatic nitrogens is 2. The van der Waals surface area contributed by atoms with E-state index in [0.29, 0.717) is 53.2 Å². The molecule has 2 N–H and O–H groups in total. The lowest BCUT2D eigenvalue weighted by Crippen LogP contribution is -2.43. The van der Waals surface area contributed by atoms with E-state index in [2.05, 4.69) is 34.4 Å². The van der Waals surface area contributed by atoms with Crippen LogP contribution < -0.4 is 10.6 Å². The molecule has 2 aromatic heterocycles. The van der Waals surface area contributed by atoms with Gasteiger partial charge in [-0.3, -0.25) is 19.2 Å². The van der Waals surface area contributed by atoms with E-state index in [1.165, 1.54) is 22.7 Å². The van der Waals surface area contributed by atoms with Crippen LogP contribution in [0.15, 0.2) is 48.5 Å². The van der Waals surface area contributed by atoms with Crippen LogP contribution in [0.25, 0.3) is 12.2 Å². The number of nitrogens with zero attached hydrogens (tertiary/aromatic N) is 4. The maximum absolute atomic E-state index is 13.5. The maximum atomic E-state index is 13.5. The van der Waals surface area contributed by atoms with Gasteiger partial charge in [-0.05, 0) is 79.8 Å². The Morgan fingerprint density at radius 3 is 1.58 bits per heavy atom. The standard InChI is InChI=1S/C39H43ClN6O4S2/c1-22(2)33-31(41-24(5)51-33)37(49)45-20-6-8-29(45)35(47)42-27-16-12-25(13-17-27)10-11-26-14-18-28(19-15-26)43-36(48)30-9-7-21-46(30)38(50)32-34(23(3)4)52-39(40)44-32/h10-19,22-23,29-30H,6-9,20-21H2,1-5H3,(H,42,47)(H,43,48)/b11-10+/t29-,30-/m0/s1. The lowest BCUT2D eigenvalue weighted by Gasteiger charge is -2.24. The van der Waals surface area contributed by atoms with Gasteiger partial charge in [-0.15, -0.1) is 22.7 Å². The lowest BCUT2D eigenvalue weighted by molar-refractivity contribution is -0.120. The fraction of sp³-hybridized carbons (Fsp3) is 0.385. The van der Waals surface area contributed by atoms with Gasteiger partial charge in [0, 0.05) is 34.2 Å². The van der Waals surface area contributed by atoms with Gasteiger partial charge in [-0.2, -0.15) is 0 Å². The van der Waals surface area contributed by atoms with Crippen LogP contribution in [-0.4, -0.2) is 68.6 Å². The lowest BCUT2D eigenvalue weighted by atomic mass is 10.1. The number of aryl methyl sites for hydroxylation is 1. The van der Waals surface area contributed by atoms with Crippen molar-refractivity contribution >= 4 is 81.4 Å². The monoisotopic (exact) mass is 758 g/mol. The number of rotatable bonds is 10. The van der Waals surface area contributed by atoms with E-state index in [1.807, 2.05) is 81.5 Å². The van der Waals surface area contributed by atoms with Crippen molar-refractivity contribution in [2.45, 2.75) is 84.2 Å². The van der Waals surface area contributed by atoms with Crippen LogP contribution in [0.2, 0.25) is 4.47 Å².